The maximum Gasteiger partial charge on any atom is 0.346 e. The van der Waals surface area contributed by atoms with Crippen LogP contribution in [0.25, 0.3) is 0 Å². The molecule has 6 nitrogen and oxygen atoms in total. The van der Waals surface area contributed by atoms with Crippen LogP contribution in [0, 0.1) is 12.8 Å². The van der Waals surface area contributed by atoms with Crippen LogP contribution >= 0.6 is 11.3 Å². The summed E-state index contributed by atoms with van der Waals surface area (Å²) in [6.07, 6.45) is 3.71. The third kappa shape index (κ3) is 5.00. The third-order valence-electron chi connectivity index (χ3n) is 3.99. The number of likely N-dealkylation sites (tertiary alicyclic amines) is 1. The summed E-state index contributed by atoms with van der Waals surface area (Å²) >= 11 is 0.801. The second-order valence-corrected chi connectivity index (χ2v) is 9.25. The number of aryl methyl sites for hydroxylation is 1. The maximum absolute atomic E-state index is 12.3. The van der Waals surface area contributed by atoms with Gasteiger partial charge in [-0.25, -0.2) is 17.9 Å². The summed E-state index contributed by atoms with van der Waals surface area (Å²) in [4.78, 5) is 13.5. The fraction of sp³-hybridized carbons (Fsp3) is 0.667. The fourth-order valence-corrected chi connectivity index (χ4v) is 5.36. The molecule has 1 aliphatic heterocycles. The van der Waals surface area contributed by atoms with Gasteiger partial charge in [-0.15, -0.1) is 11.3 Å². The van der Waals surface area contributed by atoms with E-state index in [0.717, 1.165) is 31.0 Å². The second-order valence-electron chi connectivity index (χ2n) is 6.20. The molecule has 2 rings (SSSR count). The van der Waals surface area contributed by atoms with Crippen LogP contribution in [0.1, 0.15) is 41.4 Å². The topological polar surface area (TPSA) is 86.7 Å². The molecular formula is C15H24N2O4S2. The number of sulfonamides is 1. The number of piperidine rings is 1. The van der Waals surface area contributed by atoms with E-state index in [9.17, 15) is 13.2 Å². The van der Waals surface area contributed by atoms with E-state index in [4.69, 9.17) is 5.11 Å². The number of hydrogen-bond donors (Lipinski definition) is 2. The van der Waals surface area contributed by atoms with Gasteiger partial charge in [-0.3, -0.25) is 0 Å². The van der Waals surface area contributed by atoms with E-state index in [0.29, 0.717) is 12.1 Å². The zero-order chi connectivity index (χ0) is 17.0. The van der Waals surface area contributed by atoms with Crippen molar-refractivity contribution in [2.45, 2.75) is 37.3 Å². The van der Waals surface area contributed by atoms with Gasteiger partial charge < -0.3 is 10.0 Å². The minimum Gasteiger partial charge on any atom is -0.477 e. The summed E-state index contributed by atoms with van der Waals surface area (Å²) in [5, 5.41) is 9.03. The van der Waals surface area contributed by atoms with Gasteiger partial charge in [0.1, 0.15) is 9.09 Å². The second kappa shape index (κ2) is 7.74. The standard InChI is InChI=1S/C15H24N2O4S2/c1-11(10-17-6-4-3-5-7-17)9-16-23(20,21)13-8-12(2)14(22-13)15(18)19/h8,11,16H,3-7,9-10H2,1-2H3,(H,18,19). The van der Waals surface area contributed by atoms with E-state index in [2.05, 4.69) is 9.62 Å². The van der Waals surface area contributed by atoms with Crippen LogP contribution in [-0.2, 0) is 10.0 Å². The van der Waals surface area contributed by atoms with Gasteiger partial charge in [-0.2, -0.15) is 0 Å². The van der Waals surface area contributed by atoms with Crippen molar-refractivity contribution in [1.29, 1.82) is 0 Å². The Kier molecular flexibility index (Phi) is 6.19. The SMILES string of the molecule is Cc1cc(S(=O)(=O)NCC(C)CN2CCCCC2)sc1C(=O)O. The summed E-state index contributed by atoms with van der Waals surface area (Å²) in [7, 11) is -3.64. The molecule has 1 unspecified atom stereocenters. The molecule has 1 atom stereocenters. The molecule has 0 spiro atoms. The molecule has 0 amide bonds. The highest BCUT2D eigenvalue weighted by molar-refractivity contribution is 7.91. The lowest BCUT2D eigenvalue weighted by Crippen LogP contribution is -2.37. The number of thiophene rings is 1. The third-order valence-corrected chi connectivity index (χ3v) is 7.12. The lowest BCUT2D eigenvalue weighted by molar-refractivity contribution is 0.0701. The quantitative estimate of drug-likeness (QED) is 0.778. The van der Waals surface area contributed by atoms with Crippen molar-refractivity contribution in [1.82, 2.24) is 9.62 Å². The first-order chi connectivity index (χ1) is 10.8. The molecule has 130 valence electrons. The van der Waals surface area contributed by atoms with Crippen LogP contribution in [0.5, 0.6) is 0 Å². The first kappa shape index (κ1) is 18.4. The summed E-state index contributed by atoms with van der Waals surface area (Å²) in [6.45, 7) is 7.05. The number of carboxylic acids is 1. The summed E-state index contributed by atoms with van der Waals surface area (Å²) in [5.41, 5.74) is 0.476. The minimum absolute atomic E-state index is 0.0672. The van der Waals surface area contributed by atoms with Crippen molar-refractivity contribution in [2.24, 2.45) is 5.92 Å². The number of nitrogens with one attached hydrogen (secondary N) is 1. The Balaban J connectivity index is 1.92. The van der Waals surface area contributed by atoms with Gasteiger partial charge in [-0.05, 0) is 50.4 Å². The summed E-state index contributed by atoms with van der Waals surface area (Å²) < 4.78 is 27.3. The average molecular weight is 361 g/mol. The molecule has 1 aromatic heterocycles. The van der Waals surface area contributed by atoms with E-state index < -0.39 is 16.0 Å². The Hall–Kier alpha value is -0.960. The van der Waals surface area contributed by atoms with Crippen molar-refractivity contribution in [3.8, 4) is 0 Å². The first-order valence-corrected chi connectivity index (χ1v) is 10.2. The van der Waals surface area contributed by atoms with E-state index >= 15 is 0 Å². The van der Waals surface area contributed by atoms with Crippen molar-refractivity contribution < 1.29 is 18.3 Å². The van der Waals surface area contributed by atoms with Gasteiger partial charge >= 0.3 is 5.97 Å². The molecule has 23 heavy (non-hydrogen) atoms. The van der Waals surface area contributed by atoms with Crippen molar-refractivity contribution >= 4 is 27.3 Å². The average Bonchev–Trinajstić information content (AvgIpc) is 2.89. The number of carbonyl (C=O) groups is 1. The number of aromatic carboxylic acids is 1. The highest BCUT2D eigenvalue weighted by atomic mass is 32.2. The lowest BCUT2D eigenvalue weighted by Gasteiger charge is -2.29. The first-order valence-electron chi connectivity index (χ1n) is 7.85. The van der Waals surface area contributed by atoms with E-state index in [1.807, 2.05) is 6.92 Å². The molecule has 0 saturated carbocycles. The zero-order valence-corrected chi connectivity index (χ0v) is 15.2. The molecular weight excluding hydrogens is 336 g/mol. The number of hydrogen-bond acceptors (Lipinski definition) is 5. The van der Waals surface area contributed by atoms with Gasteiger partial charge in [0.25, 0.3) is 0 Å². The molecule has 1 aliphatic rings. The highest BCUT2D eigenvalue weighted by Gasteiger charge is 2.22. The molecule has 0 bridgehead atoms. The molecule has 1 fully saturated rings. The largest absolute Gasteiger partial charge is 0.477 e. The summed E-state index contributed by atoms with van der Waals surface area (Å²) in [6, 6.07) is 1.42. The Labute approximate surface area is 141 Å². The van der Waals surface area contributed by atoms with Crippen LogP contribution in [0.2, 0.25) is 0 Å². The fourth-order valence-electron chi connectivity index (χ4n) is 2.77. The monoisotopic (exact) mass is 360 g/mol. The molecule has 1 aromatic rings. The predicted octanol–water partition coefficient (Wildman–Crippen LogP) is 2.16. The Morgan fingerprint density at radius 3 is 2.61 bits per heavy atom. The zero-order valence-electron chi connectivity index (χ0n) is 13.5. The smallest absolute Gasteiger partial charge is 0.346 e. The van der Waals surface area contributed by atoms with Crippen molar-refractivity contribution in [2.75, 3.05) is 26.2 Å². The van der Waals surface area contributed by atoms with Crippen LogP contribution in [0.15, 0.2) is 10.3 Å². The van der Waals surface area contributed by atoms with Crippen LogP contribution < -0.4 is 4.72 Å². The number of rotatable bonds is 7. The normalized spacial score (nSPS) is 18.0. The Bertz CT molecular complexity index is 648. The van der Waals surface area contributed by atoms with Gasteiger partial charge in [0, 0.05) is 13.1 Å². The minimum atomic E-state index is -3.64. The molecule has 0 aliphatic carbocycles. The van der Waals surface area contributed by atoms with Crippen LogP contribution in [0.4, 0.5) is 0 Å². The highest BCUT2D eigenvalue weighted by Crippen LogP contribution is 2.26. The van der Waals surface area contributed by atoms with E-state index in [1.165, 1.54) is 25.3 Å². The molecule has 2 N–H and O–H groups in total. The van der Waals surface area contributed by atoms with Gasteiger partial charge in [0.2, 0.25) is 10.0 Å². The molecule has 1 saturated heterocycles. The van der Waals surface area contributed by atoms with Crippen molar-refractivity contribution in [3.63, 3.8) is 0 Å². The van der Waals surface area contributed by atoms with E-state index in [1.54, 1.807) is 6.92 Å². The molecule has 2 heterocycles. The Morgan fingerprint density at radius 2 is 2.04 bits per heavy atom. The van der Waals surface area contributed by atoms with Crippen LogP contribution in [0.3, 0.4) is 0 Å². The molecule has 0 radical (unpaired) electrons. The summed E-state index contributed by atoms with van der Waals surface area (Å²) in [5.74, 6) is -0.879. The molecule has 0 aromatic carbocycles. The van der Waals surface area contributed by atoms with Gasteiger partial charge in [0.05, 0.1) is 0 Å². The van der Waals surface area contributed by atoms with Gasteiger partial charge in [-0.1, -0.05) is 13.3 Å². The van der Waals surface area contributed by atoms with Gasteiger partial charge in [0.15, 0.2) is 0 Å². The Morgan fingerprint density at radius 1 is 1.39 bits per heavy atom. The molecule has 8 heteroatoms. The lowest BCUT2D eigenvalue weighted by atomic mass is 10.1. The number of nitrogens with zero attached hydrogens (tertiary/aromatic N) is 1. The van der Waals surface area contributed by atoms with Crippen molar-refractivity contribution in [3.05, 3.63) is 16.5 Å². The van der Waals surface area contributed by atoms with Crippen LogP contribution in [-0.4, -0.2) is 50.6 Å². The predicted molar refractivity (Wildman–Crippen MR) is 90.7 cm³/mol. The number of carboxylic acid groups (broad SMARTS) is 1. The maximum atomic E-state index is 12.3. The van der Waals surface area contributed by atoms with E-state index in [-0.39, 0.29) is 15.0 Å².